The number of pyridine rings is 1. The molecule has 2 saturated carbocycles. The van der Waals surface area contributed by atoms with Crippen LogP contribution in [0.15, 0.2) is 41.8 Å². The van der Waals surface area contributed by atoms with Gasteiger partial charge in [-0.25, -0.2) is 14.8 Å². The molecule has 57 heavy (non-hydrogen) atoms. The summed E-state index contributed by atoms with van der Waals surface area (Å²) in [4.78, 5) is 70.3. The zero-order valence-corrected chi connectivity index (χ0v) is 34.7. The van der Waals surface area contributed by atoms with E-state index in [0.29, 0.717) is 54.1 Å². The Hall–Kier alpha value is -4.08. The lowest BCUT2D eigenvalue weighted by atomic mass is 10.1. The van der Waals surface area contributed by atoms with Crippen LogP contribution in [0.4, 0.5) is 9.93 Å². The SMILES string of the molecule is CNC1(P(=O)(O)O)CC1/C=C\CCCCC[C@H](NC(=O)OC1CCCC1)C(=O)N1C[C@H](Oc2cc(-c3csc(NC(C)C)n3)nc3cc(OC)ccc23)C[C@H]1C=O. The summed E-state index contributed by atoms with van der Waals surface area (Å²) in [5.41, 5.74) is 1.93. The minimum absolute atomic E-state index is 0.140. The average molecular weight is 827 g/mol. The molecule has 2 unspecified atom stereocenters. The molecule has 3 fully saturated rings. The lowest BCUT2D eigenvalue weighted by Crippen LogP contribution is -2.51. The highest BCUT2D eigenvalue weighted by Gasteiger charge is 2.63. The Morgan fingerprint density at radius 3 is 2.58 bits per heavy atom. The minimum Gasteiger partial charge on any atom is -0.497 e. The lowest BCUT2D eigenvalue weighted by molar-refractivity contribution is -0.136. The number of anilines is 1. The molecule has 5 atom stereocenters. The molecule has 1 aliphatic heterocycles. The number of nitrogens with zero attached hydrogens (tertiary/aromatic N) is 3. The molecule has 2 amide bonds. The number of aromatic nitrogens is 2. The fourth-order valence-electron chi connectivity index (χ4n) is 7.82. The van der Waals surface area contributed by atoms with Crippen molar-refractivity contribution < 1.29 is 42.9 Å². The Balaban J connectivity index is 1.13. The van der Waals surface area contributed by atoms with Crippen molar-refractivity contribution >= 4 is 53.3 Å². The number of unbranched alkanes of at least 4 members (excludes halogenated alkanes) is 3. The van der Waals surface area contributed by atoms with Gasteiger partial charge in [0.2, 0.25) is 5.91 Å². The highest BCUT2D eigenvalue weighted by atomic mass is 32.1. The summed E-state index contributed by atoms with van der Waals surface area (Å²) in [6.45, 7) is 4.23. The smallest absolute Gasteiger partial charge is 0.408 e. The zero-order chi connectivity index (χ0) is 40.7. The second-order valence-corrected chi connectivity index (χ2v) is 18.2. The Morgan fingerprint density at radius 1 is 1.11 bits per heavy atom. The molecule has 2 aromatic heterocycles. The van der Waals surface area contributed by atoms with Gasteiger partial charge in [-0.05, 0) is 84.4 Å². The van der Waals surface area contributed by atoms with Crippen LogP contribution in [0.2, 0.25) is 0 Å². The van der Waals surface area contributed by atoms with E-state index in [9.17, 15) is 28.7 Å². The maximum absolute atomic E-state index is 14.2. The second-order valence-electron chi connectivity index (χ2n) is 15.5. The number of carbonyl (C=O) groups excluding carboxylic acids is 3. The number of amides is 2. The minimum atomic E-state index is -4.27. The van der Waals surface area contributed by atoms with Crippen LogP contribution in [-0.2, 0) is 18.9 Å². The lowest BCUT2D eigenvalue weighted by Gasteiger charge is -2.27. The predicted molar refractivity (Wildman–Crippen MR) is 219 cm³/mol. The van der Waals surface area contributed by atoms with Crippen LogP contribution in [0.5, 0.6) is 11.5 Å². The summed E-state index contributed by atoms with van der Waals surface area (Å²) in [6, 6.07) is 5.92. The maximum atomic E-state index is 14.2. The zero-order valence-electron chi connectivity index (χ0n) is 33.0. The molecule has 1 saturated heterocycles. The Labute approximate surface area is 337 Å². The first-order valence-corrected chi connectivity index (χ1v) is 22.3. The first kappa shape index (κ1) is 42.5. The number of benzene rings is 1. The normalized spacial score (nSPS) is 22.9. The molecule has 5 N–H and O–H groups in total. The van der Waals surface area contributed by atoms with Gasteiger partial charge in [0, 0.05) is 41.3 Å². The van der Waals surface area contributed by atoms with E-state index in [0.717, 1.165) is 55.3 Å². The standard InChI is InChI=1S/C40H55N6O9PS/c1-25(2)42-38-44-35(24-57-38)34-20-36(31-17-16-29(53-4)19-33(31)43-34)54-30-18-27(23-47)46(22-30)37(48)32(45-39(49)55-28-13-10-11-14-28)15-9-7-5-6-8-12-26-21-40(26,41-3)56(50,51)52/h8,12,16-17,19-20,23-28,30,32,41H,5-7,9-11,13-15,18,21-22H2,1-4H3,(H,42,44)(H,45,49)(H2,50,51,52)/b12-8-/t26?,27-,30+,32-,40?/m0/s1. The molecule has 1 aromatic carbocycles. The van der Waals surface area contributed by atoms with Gasteiger partial charge < -0.3 is 49.6 Å². The summed E-state index contributed by atoms with van der Waals surface area (Å²) in [7, 11) is -1.12. The fraction of sp³-hybridized carbons (Fsp3) is 0.575. The van der Waals surface area contributed by atoms with Gasteiger partial charge in [-0.2, -0.15) is 0 Å². The van der Waals surface area contributed by atoms with E-state index in [1.54, 1.807) is 14.2 Å². The molecular weight excluding hydrogens is 772 g/mol. The number of thiazole rings is 1. The third kappa shape index (κ3) is 10.3. The van der Waals surface area contributed by atoms with E-state index in [1.165, 1.54) is 16.2 Å². The van der Waals surface area contributed by atoms with E-state index in [2.05, 4.69) is 16.0 Å². The van der Waals surface area contributed by atoms with Gasteiger partial charge in [0.15, 0.2) is 5.13 Å². The van der Waals surface area contributed by atoms with Crippen LogP contribution in [0.3, 0.4) is 0 Å². The van der Waals surface area contributed by atoms with Crippen LogP contribution < -0.4 is 25.4 Å². The molecule has 15 nitrogen and oxygen atoms in total. The van der Waals surface area contributed by atoms with Crippen LogP contribution in [-0.4, -0.2) is 99.3 Å². The second kappa shape index (κ2) is 18.7. The molecule has 3 aliphatic rings. The number of hydrogen-bond donors (Lipinski definition) is 5. The number of carbonyl (C=O) groups is 3. The summed E-state index contributed by atoms with van der Waals surface area (Å²) in [5.74, 6) is 0.585. The maximum Gasteiger partial charge on any atom is 0.408 e. The summed E-state index contributed by atoms with van der Waals surface area (Å²) >= 11 is 1.48. The average Bonchev–Trinajstić information content (AvgIpc) is 3.54. The Morgan fingerprint density at radius 2 is 1.89 bits per heavy atom. The van der Waals surface area contributed by atoms with Crippen molar-refractivity contribution in [2.75, 3.05) is 26.0 Å². The van der Waals surface area contributed by atoms with Crippen molar-refractivity contribution in [1.82, 2.24) is 25.5 Å². The molecule has 17 heteroatoms. The molecule has 0 radical (unpaired) electrons. The van der Waals surface area contributed by atoms with Gasteiger partial charge in [-0.15, -0.1) is 11.3 Å². The van der Waals surface area contributed by atoms with Crippen molar-refractivity contribution in [3.63, 3.8) is 0 Å². The molecule has 2 aliphatic carbocycles. The predicted octanol–water partition coefficient (Wildman–Crippen LogP) is 6.39. The van der Waals surface area contributed by atoms with E-state index in [-0.39, 0.29) is 36.9 Å². The summed E-state index contributed by atoms with van der Waals surface area (Å²) < 4.78 is 29.7. The van der Waals surface area contributed by atoms with E-state index >= 15 is 0 Å². The number of hydrogen-bond acceptors (Lipinski definition) is 12. The van der Waals surface area contributed by atoms with Crippen molar-refractivity contribution in [2.24, 2.45) is 5.92 Å². The molecule has 6 rings (SSSR count). The number of likely N-dealkylation sites (tertiary alicyclic amines) is 1. The summed E-state index contributed by atoms with van der Waals surface area (Å²) in [5, 5.41) is 11.2. The topological polar surface area (TPSA) is 202 Å². The first-order valence-electron chi connectivity index (χ1n) is 19.9. The number of ether oxygens (including phenoxy) is 3. The molecule has 0 bridgehead atoms. The number of rotatable bonds is 19. The van der Waals surface area contributed by atoms with Gasteiger partial charge in [-0.1, -0.05) is 25.0 Å². The third-order valence-corrected chi connectivity index (χ3v) is 13.6. The highest BCUT2D eigenvalue weighted by Crippen LogP contribution is 2.67. The number of methoxy groups -OCH3 is 1. The van der Waals surface area contributed by atoms with Gasteiger partial charge in [0.25, 0.3) is 0 Å². The van der Waals surface area contributed by atoms with Crippen LogP contribution >= 0.6 is 18.9 Å². The van der Waals surface area contributed by atoms with Crippen molar-refractivity contribution in [2.45, 2.75) is 120 Å². The molecule has 3 heterocycles. The monoisotopic (exact) mass is 826 g/mol. The van der Waals surface area contributed by atoms with Gasteiger partial charge in [0.1, 0.15) is 47.0 Å². The van der Waals surface area contributed by atoms with E-state index < -0.39 is 37.2 Å². The molecular formula is C40H55N6O9PS. The Bertz CT molecular complexity index is 1970. The van der Waals surface area contributed by atoms with E-state index in [4.69, 9.17) is 24.2 Å². The van der Waals surface area contributed by atoms with Gasteiger partial charge >= 0.3 is 13.7 Å². The van der Waals surface area contributed by atoms with Gasteiger partial charge in [0.05, 0.1) is 30.9 Å². The molecule has 3 aromatic rings. The fourth-order valence-corrected chi connectivity index (χ4v) is 9.92. The largest absolute Gasteiger partial charge is 0.497 e. The number of alkyl carbamates (subject to hydrolysis) is 1. The molecule has 0 spiro atoms. The molecule has 310 valence electrons. The highest BCUT2D eigenvalue weighted by molar-refractivity contribution is 7.54. The van der Waals surface area contributed by atoms with Crippen molar-refractivity contribution in [1.29, 1.82) is 0 Å². The van der Waals surface area contributed by atoms with Crippen molar-refractivity contribution in [3.05, 3.63) is 41.8 Å². The van der Waals surface area contributed by atoms with Crippen LogP contribution in [0.1, 0.15) is 84.5 Å². The number of fused-ring (bicyclic) bond motifs is 1. The third-order valence-electron chi connectivity index (χ3n) is 11.0. The number of allylic oxidation sites excluding steroid dienone is 1. The number of nitrogens with one attached hydrogen (secondary N) is 3. The quantitative estimate of drug-likeness (QED) is 0.0386. The van der Waals surface area contributed by atoms with Crippen LogP contribution in [0.25, 0.3) is 22.3 Å². The first-order chi connectivity index (χ1) is 27.3. The number of aldehydes is 1. The van der Waals surface area contributed by atoms with Gasteiger partial charge in [-0.3, -0.25) is 9.36 Å². The summed E-state index contributed by atoms with van der Waals surface area (Å²) in [6.07, 6.45) is 10.7. The Kier molecular flexibility index (Phi) is 13.9. The van der Waals surface area contributed by atoms with Crippen molar-refractivity contribution in [3.8, 4) is 22.9 Å². The van der Waals surface area contributed by atoms with Crippen LogP contribution in [0, 0.1) is 5.92 Å². The van der Waals surface area contributed by atoms with E-state index in [1.807, 2.05) is 55.6 Å².